The first-order chi connectivity index (χ1) is 14.5. The van der Waals surface area contributed by atoms with Crippen LogP contribution in [0.2, 0.25) is 0 Å². The van der Waals surface area contributed by atoms with Crippen molar-refractivity contribution in [3.8, 4) is 0 Å². The molecule has 1 saturated heterocycles. The number of alkyl halides is 1. The van der Waals surface area contributed by atoms with Gasteiger partial charge in [-0.15, -0.1) is 23.4 Å². The standard InChI is InChI=1S/C24H21ClN2O2S/c1-16-7-5-6-10-20(16)27-21(28)15-30-24(27)18-11-13-19(14-12-18)26-23(29)22(25)17-8-3-2-4-9-17/h2-14,22,24H,15H2,1H3,(H,26,29)/t22-,24-/m0/s1. The van der Waals surface area contributed by atoms with Gasteiger partial charge in [0, 0.05) is 11.4 Å². The SMILES string of the molecule is Cc1ccccc1N1C(=O)CS[C@H]1c1ccc(NC(=O)[C@@H](Cl)c2ccccc2)cc1. The van der Waals surface area contributed by atoms with E-state index < -0.39 is 5.38 Å². The maximum Gasteiger partial charge on any atom is 0.246 e. The number of halogens is 1. The second kappa shape index (κ2) is 8.94. The molecular weight excluding hydrogens is 416 g/mol. The van der Waals surface area contributed by atoms with E-state index in [4.69, 9.17) is 11.6 Å². The molecule has 0 spiro atoms. The van der Waals surface area contributed by atoms with Crippen LogP contribution >= 0.6 is 23.4 Å². The van der Waals surface area contributed by atoms with Gasteiger partial charge in [0.1, 0.15) is 10.8 Å². The Kier molecular flexibility index (Phi) is 6.11. The van der Waals surface area contributed by atoms with Gasteiger partial charge in [0.2, 0.25) is 11.8 Å². The van der Waals surface area contributed by atoms with Gasteiger partial charge in [-0.05, 0) is 41.8 Å². The van der Waals surface area contributed by atoms with Gasteiger partial charge in [-0.1, -0.05) is 60.7 Å². The number of para-hydroxylation sites is 1. The van der Waals surface area contributed by atoms with Crippen molar-refractivity contribution in [1.29, 1.82) is 0 Å². The zero-order valence-electron chi connectivity index (χ0n) is 16.4. The molecule has 0 aliphatic carbocycles. The van der Waals surface area contributed by atoms with Crippen molar-refractivity contribution in [2.75, 3.05) is 16.0 Å². The summed E-state index contributed by atoms with van der Waals surface area (Å²) in [6.45, 7) is 2.01. The van der Waals surface area contributed by atoms with Crippen molar-refractivity contribution in [3.63, 3.8) is 0 Å². The third kappa shape index (κ3) is 4.23. The smallest absolute Gasteiger partial charge is 0.246 e. The number of aryl methyl sites for hydroxylation is 1. The van der Waals surface area contributed by atoms with Gasteiger partial charge in [-0.3, -0.25) is 14.5 Å². The number of amides is 2. The molecule has 152 valence electrons. The van der Waals surface area contributed by atoms with Crippen molar-refractivity contribution in [1.82, 2.24) is 0 Å². The lowest BCUT2D eigenvalue weighted by Gasteiger charge is -2.26. The number of thioether (sulfide) groups is 1. The Morgan fingerprint density at radius 3 is 2.40 bits per heavy atom. The van der Waals surface area contributed by atoms with Crippen molar-refractivity contribution >= 4 is 46.6 Å². The highest BCUT2D eigenvalue weighted by atomic mass is 35.5. The molecule has 2 amide bonds. The summed E-state index contributed by atoms with van der Waals surface area (Å²) in [5, 5.41) is 2.01. The molecule has 0 unspecified atom stereocenters. The second-order valence-corrected chi connectivity index (χ2v) is 8.60. The predicted molar refractivity (Wildman–Crippen MR) is 124 cm³/mol. The Hall–Kier alpha value is -2.76. The number of hydrogen-bond donors (Lipinski definition) is 1. The number of nitrogens with zero attached hydrogens (tertiary/aromatic N) is 1. The summed E-state index contributed by atoms with van der Waals surface area (Å²) >= 11 is 7.90. The summed E-state index contributed by atoms with van der Waals surface area (Å²) in [5.74, 6) is 0.273. The Morgan fingerprint density at radius 1 is 1.03 bits per heavy atom. The number of rotatable bonds is 5. The van der Waals surface area contributed by atoms with Crippen LogP contribution in [-0.2, 0) is 9.59 Å². The van der Waals surface area contributed by atoms with Crippen molar-refractivity contribution in [2.45, 2.75) is 17.7 Å². The van der Waals surface area contributed by atoms with E-state index >= 15 is 0 Å². The van der Waals surface area contributed by atoms with E-state index in [-0.39, 0.29) is 17.2 Å². The van der Waals surface area contributed by atoms with Gasteiger partial charge in [-0.25, -0.2) is 0 Å². The molecule has 6 heteroatoms. The summed E-state index contributed by atoms with van der Waals surface area (Å²) in [6, 6.07) is 24.7. The number of benzene rings is 3. The molecule has 0 aromatic heterocycles. The van der Waals surface area contributed by atoms with Crippen LogP contribution in [0.25, 0.3) is 0 Å². The number of carbonyl (C=O) groups excluding carboxylic acids is 2. The maximum atomic E-state index is 12.6. The molecule has 4 rings (SSSR count). The van der Waals surface area contributed by atoms with E-state index in [0.717, 1.165) is 22.4 Å². The van der Waals surface area contributed by atoms with Crippen LogP contribution in [0.15, 0.2) is 78.9 Å². The van der Waals surface area contributed by atoms with Crippen LogP contribution in [-0.4, -0.2) is 17.6 Å². The zero-order valence-corrected chi connectivity index (χ0v) is 18.0. The van der Waals surface area contributed by atoms with E-state index in [0.29, 0.717) is 11.4 Å². The van der Waals surface area contributed by atoms with E-state index in [9.17, 15) is 9.59 Å². The van der Waals surface area contributed by atoms with Crippen LogP contribution in [0.1, 0.15) is 27.4 Å². The van der Waals surface area contributed by atoms with Crippen molar-refractivity contribution in [3.05, 3.63) is 95.6 Å². The van der Waals surface area contributed by atoms with Crippen molar-refractivity contribution < 1.29 is 9.59 Å². The molecule has 0 bridgehead atoms. The average molecular weight is 437 g/mol. The molecule has 0 radical (unpaired) electrons. The minimum absolute atomic E-state index is 0.0894. The predicted octanol–water partition coefficient (Wildman–Crippen LogP) is 5.69. The van der Waals surface area contributed by atoms with E-state index in [2.05, 4.69) is 5.32 Å². The van der Waals surface area contributed by atoms with Crippen LogP contribution in [0.4, 0.5) is 11.4 Å². The van der Waals surface area contributed by atoms with E-state index in [1.165, 1.54) is 0 Å². The Labute approximate surface area is 185 Å². The molecule has 1 fully saturated rings. The molecule has 1 heterocycles. The molecule has 30 heavy (non-hydrogen) atoms. The lowest BCUT2D eigenvalue weighted by molar-refractivity contribution is -0.116. The Balaban J connectivity index is 1.50. The summed E-state index contributed by atoms with van der Waals surface area (Å²) in [7, 11) is 0. The molecule has 4 nitrogen and oxygen atoms in total. The Bertz CT molecular complexity index is 1060. The number of hydrogen-bond acceptors (Lipinski definition) is 3. The molecular formula is C24H21ClN2O2S. The third-order valence-corrected chi connectivity index (χ3v) is 6.69. The molecule has 1 aliphatic rings. The normalized spacial score (nSPS) is 17.1. The monoisotopic (exact) mass is 436 g/mol. The van der Waals surface area contributed by atoms with Gasteiger partial charge in [0.05, 0.1) is 5.75 Å². The minimum Gasteiger partial charge on any atom is -0.325 e. The zero-order chi connectivity index (χ0) is 21.1. The summed E-state index contributed by atoms with van der Waals surface area (Å²) in [4.78, 5) is 26.9. The molecule has 2 atom stereocenters. The molecule has 1 N–H and O–H groups in total. The Morgan fingerprint density at radius 2 is 1.70 bits per heavy atom. The van der Waals surface area contributed by atoms with E-state index in [1.54, 1.807) is 11.8 Å². The maximum absolute atomic E-state index is 12.6. The number of nitrogens with one attached hydrogen (secondary N) is 1. The lowest BCUT2D eigenvalue weighted by Crippen LogP contribution is -2.28. The third-order valence-electron chi connectivity index (χ3n) is 5.03. The summed E-state index contributed by atoms with van der Waals surface area (Å²) in [6.07, 6.45) is 0. The molecule has 3 aromatic rings. The molecule has 0 saturated carbocycles. The fraction of sp³-hybridized carbons (Fsp3) is 0.167. The summed E-state index contributed by atoms with van der Waals surface area (Å²) in [5.41, 5.74) is 4.43. The van der Waals surface area contributed by atoms with Gasteiger partial charge in [-0.2, -0.15) is 0 Å². The van der Waals surface area contributed by atoms with E-state index in [1.807, 2.05) is 90.7 Å². The first-order valence-corrected chi connectivity index (χ1v) is 11.1. The fourth-order valence-electron chi connectivity index (χ4n) is 3.47. The van der Waals surface area contributed by atoms with Gasteiger partial charge in [0.25, 0.3) is 0 Å². The number of carbonyl (C=O) groups is 2. The van der Waals surface area contributed by atoms with Gasteiger partial charge < -0.3 is 5.32 Å². The first kappa shape index (κ1) is 20.5. The van der Waals surface area contributed by atoms with Gasteiger partial charge >= 0.3 is 0 Å². The van der Waals surface area contributed by atoms with Crippen molar-refractivity contribution in [2.24, 2.45) is 0 Å². The highest BCUT2D eigenvalue weighted by Crippen LogP contribution is 2.42. The van der Waals surface area contributed by atoms with Crippen LogP contribution in [0.3, 0.4) is 0 Å². The quantitative estimate of drug-likeness (QED) is 0.522. The first-order valence-electron chi connectivity index (χ1n) is 9.64. The number of anilines is 2. The largest absolute Gasteiger partial charge is 0.325 e. The minimum atomic E-state index is -0.759. The van der Waals surface area contributed by atoms with Crippen LogP contribution < -0.4 is 10.2 Å². The second-order valence-electron chi connectivity index (χ2n) is 7.10. The van der Waals surface area contributed by atoms with Gasteiger partial charge in [0.15, 0.2) is 0 Å². The highest BCUT2D eigenvalue weighted by Gasteiger charge is 2.34. The topological polar surface area (TPSA) is 49.4 Å². The molecule has 3 aromatic carbocycles. The highest BCUT2D eigenvalue weighted by molar-refractivity contribution is 8.00. The lowest BCUT2D eigenvalue weighted by atomic mass is 10.1. The summed E-state index contributed by atoms with van der Waals surface area (Å²) < 4.78 is 0. The van der Waals surface area contributed by atoms with Crippen LogP contribution in [0.5, 0.6) is 0 Å². The fourth-order valence-corrected chi connectivity index (χ4v) is 4.84. The van der Waals surface area contributed by atoms with Crippen LogP contribution in [0, 0.1) is 6.92 Å². The average Bonchev–Trinajstić information content (AvgIpc) is 3.16. The molecule has 1 aliphatic heterocycles.